The van der Waals surface area contributed by atoms with Crippen LogP contribution in [0.2, 0.25) is 0 Å². The molecule has 3 N–H and O–H groups in total. The van der Waals surface area contributed by atoms with Crippen molar-refractivity contribution >= 4 is 28.5 Å². The highest BCUT2D eigenvalue weighted by Crippen LogP contribution is 2.20. The van der Waals surface area contributed by atoms with Crippen molar-refractivity contribution in [1.29, 1.82) is 0 Å². The van der Waals surface area contributed by atoms with Crippen LogP contribution in [-0.4, -0.2) is 9.97 Å². The molecule has 1 aromatic carbocycles. The summed E-state index contributed by atoms with van der Waals surface area (Å²) in [7, 11) is 3.95. The van der Waals surface area contributed by atoms with Crippen LogP contribution in [0.15, 0.2) is 24.3 Å². The number of rotatable bonds is 2. The van der Waals surface area contributed by atoms with Crippen molar-refractivity contribution in [3.63, 3.8) is 0 Å². The summed E-state index contributed by atoms with van der Waals surface area (Å²) in [5, 5.41) is 3.32. The summed E-state index contributed by atoms with van der Waals surface area (Å²) in [5.41, 5.74) is 12.2. The highest BCUT2D eigenvalue weighted by atomic mass is 127. The molecule has 2 aromatic heterocycles. The van der Waals surface area contributed by atoms with E-state index in [1.165, 1.54) is 0 Å². The van der Waals surface area contributed by atoms with Crippen LogP contribution in [0.3, 0.4) is 0 Å². The van der Waals surface area contributed by atoms with Gasteiger partial charge in [-0.15, -0.1) is 0 Å². The standard InChI is InChI=1S/C17H20N6.HI/c1-10-8-16(21-17(18)22(10)4)20-13-6-7-14-15(9-13)23(5)12(3)11(2)19-14;/h6-9,18H,1-5H3;1H/p+1. The summed E-state index contributed by atoms with van der Waals surface area (Å²) in [6.07, 6.45) is 0. The molecule has 126 valence electrons. The SMILES string of the molecule is Cc1nc2ccc(Nc3cc(C)[n+](C)c(N)n3)cc2[n+](C)c1C.[I-]. The van der Waals surface area contributed by atoms with Crippen LogP contribution < -0.4 is 44.2 Å². The summed E-state index contributed by atoms with van der Waals surface area (Å²) in [6, 6.07) is 8.07. The third-order valence-electron chi connectivity index (χ3n) is 4.38. The topological polar surface area (TPSA) is 71.6 Å². The fourth-order valence-corrected chi connectivity index (χ4v) is 2.57. The first-order chi connectivity index (χ1) is 10.9. The molecular formula is C17H22IN6+. The largest absolute Gasteiger partial charge is 1.00 e. The number of hydrogen-bond donors (Lipinski definition) is 2. The molecule has 3 rings (SSSR count). The van der Waals surface area contributed by atoms with Crippen LogP contribution in [-0.2, 0) is 14.1 Å². The van der Waals surface area contributed by atoms with Gasteiger partial charge in [-0.25, -0.2) is 9.55 Å². The van der Waals surface area contributed by atoms with Gasteiger partial charge in [-0.3, -0.25) is 5.73 Å². The summed E-state index contributed by atoms with van der Waals surface area (Å²) in [6.45, 7) is 6.10. The number of hydrogen-bond acceptors (Lipinski definition) is 4. The number of nitrogen functional groups attached to an aromatic ring is 1. The fraction of sp³-hybridized carbons (Fsp3) is 0.294. The van der Waals surface area contributed by atoms with E-state index < -0.39 is 0 Å². The summed E-state index contributed by atoms with van der Waals surface area (Å²) in [4.78, 5) is 9.01. The van der Waals surface area contributed by atoms with E-state index in [0.717, 1.165) is 39.6 Å². The van der Waals surface area contributed by atoms with Crippen LogP contribution in [0.25, 0.3) is 11.0 Å². The summed E-state index contributed by atoms with van der Waals surface area (Å²) in [5.74, 6) is 1.21. The maximum Gasteiger partial charge on any atom is 0.391 e. The number of aromatic nitrogens is 4. The second kappa shape index (κ2) is 6.84. The Labute approximate surface area is 158 Å². The molecule has 0 saturated heterocycles. The first-order valence-corrected chi connectivity index (χ1v) is 7.54. The third-order valence-corrected chi connectivity index (χ3v) is 4.38. The predicted molar refractivity (Wildman–Crippen MR) is 90.2 cm³/mol. The van der Waals surface area contributed by atoms with Crippen molar-refractivity contribution in [1.82, 2.24) is 9.97 Å². The van der Waals surface area contributed by atoms with Gasteiger partial charge in [0.2, 0.25) is 11.3 Å². The number of nitrogens with zero attached hydrogens (tertiary/aromatic N) is 4. The smallest absolute Gasteiger partial charge is 0.391 e. The Kier molecular flexibility index (Phi) is 5.22. The van der Waals surface area contributed by atoms with Crippen molar-refractivity contribution in [3.8, 4) is 0 Å². The minimum absolute atomic E-state index is 0. The van der Waals surface area contributed by atoms with E-state index in [-0.39, 0.29) is 24.0 Å². The Hall–Kier alpha value is -2.03. The molecule has 0 bridgehead atoms. The van der Waals surface area contributed by atoms with Crippen LogP contribution >= 0.6 is 0 Å². The Morgan fingerprint density at radius 3 is 2.38 bits per heavy atom. The van der Waals surface area contributed by atoms with Crippen LogP contribution in [0.4, 0.5) is 17.5 Å². The van der Waals surface area contributed by atoms with Gasteiger partial charge in [0.25, 0.3) is 0 Å². The van der Waals surface area contributed by atoms with E-state index in [9.17, 15) is 0 Å². The average molecular weight is 437 g/mol. The molecular weight excluding hydrogens is 415 g/mol. The van der Waals surface area contributed by atoms with Crippen LogP contribution in [0.5, 0.6) is 0 Å². The van der Waals surface area contributed by atoms with E-state index in [0.29, 0.717) is 5.95 Å². The molecule has 24 heavy (non-hydrogen) atoms. The molecule has 3 aromatic rings. The Bertz CT molecular complexity index is 900. The maximum absolute atomic E-state index is 5.92. The van der Waals surface area contributed by atoms with E-state index in [2.05, 4.69) is 39.9 Å². The maximum atomic E-state index is 5.92. The number of nitrogens with one attached hydrogen (secondary N) is 1. The summed E-state index contributed by atoms with van der Waals surface area (Å²) < 4.78 is 4.00. The number of nitrogens with two attached hydrogens (primary N) is 1. The monoisotopic (exact) mass is 437 g/mol. The van der Waals surface area contributed by atoms with Crippen molar-refractivity contribution in [3.05, 3.63) is 41.3 Å². The van der Waals surface area contributed by atoms with Gasteiger partial charge in [-0.2, -0.15) is 4.57 Å². The van der Waals surface area contributed by atoms with Crippen molar-refractivity contribution in [2.24, 2.45) is 14.1 Å². The van der Waals surface area contributed by atoms with E-state index >= 15 is 0 Å². The Morgan fingerprint density at radius 2 is 1.71 bits per heavy atom. The number of halogens is 1. The number of aryl methyl sites for hydroxylation is 3. The normalized spacial score (nSPS) is 10.5. The first-order valence-electron chi connectivity index (χ1n) is 7.54. The van der Waals surface area contributed by atoms with Crippen LogP contribution in [0, 0.1) is 20.8 Å². The molecule has 7 heteroatoms. The minimum atomic E-state index is 0. The van der Waals surface area contributed by atoms with E-state index in [4.69, 9.17) is 5.73 Å². The Balaban J connectivity index is 0.00000208. The summed E-state index contributed by atoms with van der Waals surface area (Å²) >= 11 is 0. The van der Waals surface area contributed by atoms with Gasteiger partial charge in [0.1, 0.15) is 18.3 Å². The zero-order chi connectivity index (χ0) is 16.7. The van der Waals surface area contributed by atoms with Gasteiger partial charge in [-0.1, -0.05) is 4.98 Å². The van der Waals surface area contributed by atoms with E-state index in [1.807, 2.05) is 43.7 Å². The van der Waals surface area contributed by atoms with Gasteiger partial charge in [0.05, 0.1) is 12.7 Å². The lowest BCUT2D eigenvalue weighted by Gasteiger charge is -2.07. The van der Waals surface area contributed by atoms with Crippen molar-refractivity contribution in [2.45, 2.75) is 20.8 Å². The highest BCUT2D eigenvalue weighted by Gasteiger charge is 2.15. The Morgan fingerprint density at radius 1 is 1.00 bits per heavy atom. The van der Waals surface area contributed by atoms with Gasteiger partial charge in [0, 0.05) is 24.7 Å². The molecule has 0 amide bonds. The fourth-order valence-electron chi connectivity index (χ4n) is 2.57. The molecule has 0 unspecified atom stereocenters. The lowest BCUT2D eigenvalue weighted by atomic mass is 10.2. The number of fused-ring (bicyclic) bond motifs is 1. The lowest BCUT2D eigenvalue weighted by Crippen LogP contribution is -3.00. The lowest BCUT2D eigenvalue weighted by molar-refractivity contribution is -0.665. The van der Waals surface area contributed by atoms with Crippen molar-refractivity contribution < 1.29 is 33.1 Å². The van der Waals surface area contributed by atoms with Gasteiger partial charge in [-0.05, 0) is 26.0 Å². The zero-order valence-electron chi connectivity index (χ0n) is 14.6. The first kappa shape index (κ1) is 18.3. The molecule has 0 aliphatic carbocycles. The van der Waals surface area contributed by atoms with Crippen LogP contribution in [0.1, 0.15) is 17.1 Å². The molecule has 0 spiro atoms. The second-order valence-electron chi connectivity index (χ2n) is 5.87. The van der Waals surface area contributed by atoms with Gasteiger partial charge >= 0.3 is 5.95 Å². The second-order valence-corrected chi connectivity index (χ2v) is 5.87. The number of benzene rings is 1. The molecule has 0 radical (unpaired) electrons. The minimum Gasteiger partial charge on any atom is -1.00 e. The average Bonchev–Trinajstić information content (AvgIpc) is 2.51. The molecule has 0 fully saturated rings. The van der Waals surface area contributed by atoms with Gasteiger partial charge in [0.15, 0.2) is 5.69 Å². The highest BCUT2D eigenvalue weighted by molar-refractivity contribution is 5.77. The van der Waals surface area contributed by atoms with Gasteiger partial charge < -0.3 is 29.3 Å². The molecule has 0 aliphatic heterocycles. The van der Waals surface area contributed by atoms with E-state index in [1.54, 1.807) is 0 Å². The zero-order valence-corrected chi connectivity index (χ0v) is 16.7. The number of anilines is 3. The quantitative estimate of drug-likeness (QED) is 0.380. The predicted octanol–water partition coefficient (Wildman–Crippen LogP) is -1.47. The molecule has 0 aliphatic rings. The molecule has 0 atom stereocenters. The molecule has 0 saturated carbocycles. The molecule has 6 nitrogen and oxygen atoms in total. The third kappa shape index (κ3) is 3.26. The molecule has 2 heterocycles. The van der Waals surface area contributed by atoms with Crippen molar-refractivity contribution in [2.75, 3.05) is 11.1 Å².